The number of hydrogen-bond donors (Lipinski definition) is 1. The van der Waals surface area contributed by atoms with Crippen molar-refractivity contribution in [2.45, 2.75) is 0 Å². The van der Waals surface area contributed by atoms with Gasteiger partial charge in [-0.05, 0) is 12.1 Å². The molecule has 9 nitrogen and oxygen atoms in total. The molecule has 4 heterocycles. The van der Waals surface area contributed by atoms with E-state index in [-0.39, 0.29) is 0 Å². The van der Waals surface area contributed by atoms with Crippen molar-refractivity contribution in [1.82, 2.24) is 29.5 Å². The fourth-order valence-electron chi connectivity index (χ4n) is 2.97. The van der Waals surface area contributed by atoms with Gasteiger partial charge in [-0.25, -0.2) is 9.97 Å². The Balaban J connectivity index is 1.69. The number of anilines is 3. The molecular weight excluding hydrogens is 356 g/mol. The summed E-state index contributed by atoms with van der Waals surface area (Å²) in [4.78, 5) is 11.3. The van der Waals surface area contributed by atoms with E-state index in [0.29, 0.717) is 11.6 Å². The highest BCUT2D eigenvalue weighted by Crippen LogP contribution is 2.29. The van der Waals surface area contributed by atoms with Crippen molar-refractivity contribution in [3.8, 4) is 17.1 Å². The molecule has 0 saturated heterocycles. The number of nitrogens with zero attached hydrogens (tertiary/aromatic N) is 7. The van der Waals surface area contributed by atoms with Crippen LogP contribution in [-0.4, -0.2) is 50.7 Å². The molecule has 4 aromatic heterocycles. The van der Waals surface area contributed by atoms with Crippen molar-refractivity contribution >= 4 is 28.5 Å². The monoisotopic (exact) mass is 378 g/mol. The molecule has 0 bridgehead atoms. The Hall–Kier alpha value is -3.62. The molecule has 0 unspecified atom stereocenters. The first kappa shape index (κ1) is 17.8. The molecule has 9 heteroatoms. The van der Waals surface area contributed by atoms with Crippen molar-refractivity contribution in [2.75, 3.05) is 31.4 Å². The largest absolute Gasteiger partial charge is 0.496 e. The highest BCUT2D eigenvalue weighted by molar-refractivity contribution is 5.84. The van der Waals surface area contributed by atoms with Crippen molar-refractivity contribution in [3.63, 3.8) is 0 Å². The maximum absolute atomic E-state index is 5.49. The van der Waals surface area contributed by atoms with Gasteiger partial charge in [0.2, 0.25) is 0 Å². The van der Waals surface area contributed by atoms with E-state index >= 15 is 0 Å². The van der Waals surface area contributed by atoms with Crippen LogP contribution in [0.5, 0.6) is 5.75 Å². The fourth-order valence-corrected chi connectivity index (χ4v) is 2.97. The summed E-state index contributed by atoms with van der Waals surface area (Å²) in [5.41, 5.74) is 2.33. The molecule has 144 valence electrons. The molecule has 28 heavy (non-hydrogen) atoms. The number of rotatable bonds is 5. The molecule has 0 aromatic carbocycles. The Morgan fingerprint density at radius 1 is 1.04 bits per heavy atom. The quantitative estimate of drug-likeness (QED) is 0.571. The summed E-state index contributed by atoms with van der Waals surface area (Å²) in [7, 11) is 9.29. The number of aromatic nitrogens is 6. The maximum Gasteiger partial charge on any atom is 0.163 e. The molecule has 0 saturated carbocycles. The van der Waals surface area contributed by atoms with Crippen LogP contribution in [0.1, 0.15) is 0 Å². The van der Waals surface area contributed by atoms with Gasteiger partial charge in [-0.2, -0.15) is 10.2 Å². The minimum Gasteiger partial charge on any atom is -0.496 e. The summed E-state index contributed by atoms with van der Waals surface area (Å²) in [6.45, 7) is 0. The summed E-state index contributed by atoms with van der Waals surface area (Å²) in [5.74, 6) is 3.04. The van der Waals surface area contributed by atoms with E-state index in [1.165, 1.54) is 0 Å². The summed E-state index contributed by atoms with van der Waals surface area (Å²) in [5, 5.41) is 13.0. The predicted molar refractivity (Wildman–Crippen MR) is 109 cm³/mol. The number of hydrogen-bond acceptors (Lipinski definition) is 7. The van der Waals surface area contributed by atoms with Gasteiger partial charge in [-0.15, -0.1) is 0 Å². The first-order valence-corrected chi connectivity index (χ1v) is 8.79. The van der Waals surface area contributed by atoms with E-state index in [0.717, 1.165) is 34.1 Å². The van der Waals surface area contributed by atoms with E-state index in [9.17, 15) is 0 Å². The van der Waals surface area contributed by atoms with Gasteiger partial charge in [-0.1, -0.05) is 6.07 Å². The van der Waals surface area contributed by atoms with Crippen molar-refractivity contribution in [2.24, 2.45) is 14.1 Å². The van der Waals surface area contributed by atoms with E-state index in [4.69, 9.17) is 4.74 Å². The molecule has 0 atom stereocenters. The average molecular weight is 378 g/mol. The molecule has 0 amide bonds. The molecule has 1 N–H and O–H groups in total. The summed E-state index contributed by atoms with van der Waals surface area (Å²) < 4.78 is 8.97. The lowest BCUT2D eigenvalue weighted by Gasteiger charge is -2.11. The minimum absolute atomic E-state index is 0.650. The van der Waals surface area contributed by atoms with Crippen molar-refractivity contribution in [1.29, 1.82) is 0 Å². The van der Waals surface area contributed by atoms with Gasteiger partial charge in [0.25, 0.3) is 0 Å². The number of pyridine rings is 2. The molecule has 0 radical (unpaired) electrons. The third-order valence-electron chi connectivity index (χ3n) is 4.48. The number of methoxy groups -OCH3 is 1. The molecule has 0 aliphatic carbocycles. The highest BCUT2D eigenvalue weighted by Gasteiger charge is 2.14. The summed E-state index contributed by atoms with van der Waals surface area (Å²) in [6.07, 6.45) is 1.75. The number of aryl methyl sites for hydroxylation is 2. The van der Waals surface area contributed by atoms with Crippen LogP contribution in [0.15, 0.2) is 36.5 Å². The lowest BCUT2D eigenvalue weighted by Crippen LogP contribution is -2.10. The predicted octanol–water partition coefficient (Wildman–Crippen LogP) is 2.58. The van der Waals surface area contributed by atoms with Gasteiger partial charge in [-0.3, -0.25) is 9.36 Å². The molecule has 0 aliphatic rings. The second-order valence-corrected chi connectivity index (χ2v) is 6.65. The van der Waals surface area contributed by atoms with Crippen molar-refractivity contribution in [3.05, 3.63) is 36.5 Å². The second kappa shape index (κ2) is 6.84. The second-order valence-electron chi connectivity index (χ2n) is 6.65. The standard InChI is InChI=1S/C19H22N8O/c1-25(2)17-8-6-7-13(21-17)14-9-18(26(3)24-14)22-16-10-15(28-5)12-11-20-27(4)19(12)23-16/h6-11H,1-5H3,(H,22,23). The lowest BCUT2D eigenvalue weighted by molar-refractivity contribution is 0.419. The smallest absolute Gasteiger partial charge is 0.163 e. The third-order valence-corrected chi connectivity index (χ3v) is 4.48. The van der Waals surface area contributed by atoms with Gasteiger partial charge in [0, 0.05) is 40.3 Å². The van der Waals surface area contributed by atoms with Gasteiger partial charge in [0.05, 0.1) is 24.4 Å². The van der Waals surface area contributed by atoms with Crippen LogP contribution in [0.3, 0.4) is 0 Å². The zero-order chi connectivity index (χ0) is 19.8. The topological polar surface area (TPSA) is 85.9 Å². The first-order chi connectivity index (χ1) is 13.5. The highest BCUT2D eigenvalue weighted by atomic mass is 16.5. The average Bonchev–Trinajstić information content (AvgIpc) is 3.24. The van der Waals surface area contributed by atoms with Gasteiger partial charge < -0.3 is 15.0 Å². The normalized spacial score (nSPS) is 11.0. The number of ether oxygens (including phenoxy) is 1. The van der Waals surface area contributed by atoms with Crippen LogP contribution in [0.25, 0.3) is 22.4 Å². The maximum atomic E-state index is 5.49. The van der Waals surface area contributed by atoms with Crippen LogP contribution in [-0.2, 0) is 14.1 Å². The number of fused-ring (bicyclic) bond motifs is 1. The summed E-state index contributed by atoms with van der Waals surface area (Å²) in [6, 6.07) is 9.68. The van der Waals surface area contributed by atoms with Crippen LogP contribution >= 0.6 is 0 Å². The minimum atomic E-state index is 0.650. The molecular formula is C19H22N8O. The summed E-state index contributed by atoms with van der Waals surface area (Å²) >= 11 is 0. The molecule has 4 aromatic rings. The Labute approximate surface area is 162 Å². The van der Waals surface area contributed by atoms with Crippen LogP contribution < -0.4 is 15.0 Å². The SMILES string of the molecule is COc1cc(Nc2cc(-c3cccc(N(C)C)n3)nn2C)nc2c1cnn2C. The van der Waals surface area contributed by atoms with E-state index in [1.807, 2.05) is 63.4 Å². The van der Waals surface area contributed by atoms with Gasteiger partial charge >= 0.3 is 0 Å². The van der Waals surface area contributed by atoms with Gasteiger partial charge in [0.1, 0.15) is 28.9 Å². The zero-order valence-corrected chi connectivity index (χ0v) is 16.5. The van der Waals surface area contributed by atoms with E-state index < -0.39 is 0 Å². The third kappa shape index (κ3) is 3.11. The fraction of sp³-hybridized carbons (Fsp3) is 0.263. The van der Waals surface area contributed by atoms with E-state index in [1.54, 1.807) is 22.7 Å². The molecule has 0 fully saturated rings. The van der Waals surface area contributed by atoms with E-state index in [2.05, 4.69) is 25.5 Å². The first-order valence-electron chi connectivity index (χ1n) is 8.79. The van der Waals surface area contributed by atoms with Crippen molar-refractivity contribution < 1.29 is 4.74 Å². The Kier molecular flexibility index (Phi) is 4.34. The lowest BCUT2D eigenvalue weighted by atomic mass is 10.2. The zero-order valence-electron chi connectivity index (χ0n) is 16.5. The van der Waals surface area contributed by atoms with Crippen LogP contribution in [0, 0.1) is 0 Å². The van der Waals surface area contributed by atoms with Gasteiger partial charge in [0.15, 0.2) is 5.65 Å². The molecule has 0 spiro atoms. The molecule has 4 rings (SSSR count). The van der Waals surface area contributed by atoms with Crippen LogP contribution in [0.4, 0.5) is 17.5 Å². The number of nitrogens with one attached hydrogen (secondary N) is 1. The Morgan fingerprint density at radius 2 is 1.86 bits per heavy atom. The Morgan fingerprint density at radius 3 is 2.61 bits per heavy atom. The van der Waals surface area contributed by atoms with Crippen LogP contribution in [0.2, 0.25) is 0 Å². The molecule has 0 aliphatic heterocycles. The Bertz CT molecular complexity index is 1140.